The van der Waals surface area contributed by atoms with Crippen molar-refractivity contribution in [2.75, 3.05) is 7.11 Å². The van der Waals surface area contributed by atoms with Crippen LogP contribution < -0.4 is 4.74 Å². The second kappa shape index (κ2) is 9.46. The summed E-state index contributed by atoms with van der Waals surface area (Å²) in [5, 5.41) is 21.5. The summed E-state index contributed by atoms with van der Waals surface area (Å²) >= 11 is 0. The van der Waals surface area contributed by atoms with Gasteiger partial charge in [0.25, 0.3) is 11.7 Å². The maximum Gasteiger partial charge on any atom is 0.337 e. The molecule has 5 rings (SSSR count). The molecule has 0 radical (unpaired) electrons. The van der Waals surface area contributed by atoms with Crippen molar-refractivity contribution in [3.8, 4) is 11.5 Å². The summed E-state index contributed by atoms with van der Waals surface area (Å²) in [6.45, 7) is 1.99. The van der Waals surface area contributed by atoms with Crippen LogP contribution in [0, 0.1) is 0 Å². The number of likely N-dealkylation sites (tertiary alicyclic amines) is 1. The molecule has 2 aliphatic rings. The third-order valence-electron chi connectivity index (χ3n) is 6.62. The summed E-state index contributed by atoms with van der Waals surface area (Å²) in [6, 6.07) is 17.0. The Morgan fingerprint density at radius 1 is 1.05 bits per heavy atom. The maximum atomic E-state index is 13.3. The van der Waals surface area contributed by atoms with Gasteiger partial charge in [0, 0.05) is 18.5 Å². The molecule has 0 saturated carbocycles. The van der Waals surface area contributed by atoms with Gasteiger partial charge in [-0.3, -0.25) is 9.59 Å². The van der Waals surface area contributed by atoms with Crippen LogP contribution in [0.2, 0.25) is 0 Å². The minimum absolute atomic E-state index is 0.0100. The summed E-state index contributed by atoms with van der Waals surface area (Å²) < 4.78 is 10.5. The molecule has 0 aromatic heterocycles. The molecule has 2 unspecified atom stereocenters. The average Bonchev–Trinajstić information content (AvgIpc) is 3.39. The Labute approximate surface area is 213 Å². The van der Waals surface area contributed by atoms with Gasteiger partial charge in [0.2, 0.25) is 0 Å². The summed E-state index contributed by atoms with van der Waals surface area (Å²) in [5.41, 5.74) is 2.75. The molecule has 2 heterocycles. The van der Waals surface area contributed by atoms with E-state index in [1.165, 1.54) is 24.1 Å². The van der Waals surface area contributed by atoms with E-state index in [9.17, 15) is 24.6 Å². The fourth-order valence-electron chi connectivity index (χ4n) is 4.87. The van der Waals surface area contributed by atoms with Gasteiger partial charge >= 0.3 is 5.97 Å². The monoisotopic (exact) mass is 499 g/mol. The number of benzene rings is 3. The standard InChI is InChI=1S/C29H25NO7/c1-16-12-21-13-20(10-11-23(21)37-16)26(32)24-25(19-4-3-5-22(31)14-19)30(28(34)27(24)33)15-17-6-8-18(9-7-17)29(35)36-2/h3-11,13-14,16,25,31-32H,12,15H2,1-2H3/b26-24-. The lowest BCUT2D eigenvalue weighted by atomic mass is 9.94. The number of hydrogen-bond donors (Lipinski definition) is 2. The van der Waals surface area contributed by atoms with E-state index in [4.69, 9.17) is 9.47 Å². The molecule has 1 fully saturated rings. The van der Waals surface area contributed by atoms with Crippen molar-refractivity contribution < 1.29 is 34.1 Å². The number of hydrogen-bond acceptors (Lipinski definition) is 7. The highest BCUT2D eigenvalue weighted by Crippen LogP contribution is 2.42. The second-order valence-electron chi connectivity index (χ2n) is 9.17. The fourth-order valence-corrected chi connectivity index (χ4v) is 4.87. The van der Waals surface area contributed by atoms with Crippen LogP contribution in [-0.2, 0) is 27.3 Å². The van der Waals surface area contributed by atoms with Crippen molar-refractivity contribution in [3.63, 3.8) is 0 Å². The van der Waals surface area contributed by atoms with E-state index >= 15 is 0 Å². The minimum atomic E-state index is -0.934. The molecule has 2 aliphatic heterocycles. The smallest absolute Gasteiger partial charge is 0.337 e. The number of Topliss-reactive ketones (excluding diaryl/α,β-unsaturated/α-hetero) is 1. The first-order valence-corrected chi connectivity index (χ1v) is 11.8. The SMILES string of the molecule is COC(=O)c1ccc(CN2C(=O)C(=O)/C(=C(\O)c3ccc4c(c3)CC(C)O4)C2c2cccc(O)c2)cc1. The number of fused-ring (bicyclic) bond motifs is 1. The van der Waals surface area contributed by atoms with Crippen molar-refractivity contribution in [1.29, 1.82) is 0 Å². The Bertz CT molecular complexity index is 1440. The highest BCUT2D eigenvalue weighted by molar-refractivity contribution is 6.46. The molecule has 188 valence electrons. The number of ether oxygens (including phenoxy) is 2. The van der Waals surface area contributed by atoms with Gasteiger partial charge in [0.1, 0.15) is 23.4 Å². The number of rotatable bonds is 5. The maximum absolute atomic E-state index is 13.3. The molecular formula is C29H25NO7. The topological polar surface area (TPSA) is 113 Å². The van der Waals surface area contributed by atoms with Gasteiger partial charge in [-0.25, -0.2) is 4.79 Å². The van der Waals surface area contributed by atoms with Gasteiger partial charge in [-0.05, 0) is 66.1 Å². The molecule has 1 saturated heterocycles. The van der Waals surface area contributed by atoms with E-state index in [0.717, 1.165) is 11.3 Å². The number of methoxy groups -OCH3 is 1. The lowest BCUT2D eigenvalue weighted by molar-refractivity contribution is -0.140. The molecule has 0 bridgehead atoms. The lowest BCUT2D eigenvalue weighted by Gasteiger charge is -2.25. The number of phenols is 1. The molecule has 3 aromatic rings. The van der Waals surface area contributed by atoms with E-state index in [0.29, 0.717) is 28.7 Å². The summed E-state index contributed by atoms with van der Waals surface area (Å²) in [6.07, 6.45) is 0.679. The number of ketones is 1. The molecule has 1 amide bonds. The number of nitrogens with zero attached hydrogens (tertiary/aromatic N) is 1. The molecule has 3 aromatic carbocycles. The van der Waals surface area contributed by atoms with Crippen molar-refractivity contribution in [1.82, 2.24) is 4.90 Å². The zero-order chi connectivity index (χ0) is 26.3. The van der Waals surface area contributed by atoms with Gasteiger partial charge in [-0.15, -0.1) is 0 Å². The number of phenolic OH excluding ortho intramolecular Hbond substituents is 1. The molecular weight excluding hydrogens is 474 g/mol. The molecule has 37 heavy (non-hydrogen) atoms. The van der Waals surface area contributed by atoms with Crippen LogP contribution in [0.4, 0.5) is 0 Å². The van der Waals surface area contributed by atoms with Crippen LogP contribution in [-0.4, -0.2) is 46.0 Å². The number of amides is 1. The van der Waals surface area contributed by atoms with E-state index in [-0.39, 0.29) is 29.7 Å². The zero-order valence-electron chi connectivity index (χ0n) is 20.3. The van der Waals surface area contributed by atoms with Gasteiger partial charge in [-0.1, -0.05) is 24.3 Å². The van der Waals surface area contributed by atoms with Crippen LogP contribution in [0.15, 0.2) is 72.3 Å². The van der Waals surface area contributed by atoms with Gasteiger partial charge in [-0.2, -0.15) is 0 Å². The van der Waals surface area contributed by atoms with E-state index in [1.54, 1.807) is 54.6 Å². The van der Waals surface area contributed by atoms with Crippen molar-refractivity contribution in [2.24, 2.45) is 0 Å². The second-order valence-corrected chi connectivity index (χ2v) is 9.17. The predicted molar refractivity (Wildman–Crippen MR) is 134 cm³/mol. The number of aromatic hydroxyl groups is 1. The van der Waals surface area contributed by atoms with Gasteiger partial charge in [0.15, 0.2) is 0 Å². The molecule has 0 spiro atoms. The zero-order valence-corrected chi connectivity index (χ0v) is 20.3. The number of esters is 1. The molecule has 2 atom stereocenters. The Hall–Kier alpha value is -4.59. The predicted octanol–water partition coefficient (Wildman–Crippen LogP) is 4.12. The number of carbonyl (C=O) groups excluding carboxylic acids is 3. The first kappa shape index (κ1) is 24.1. The highest BCUT2D eigenvalue weighted by atomic mass is 16.5. The van der Waals surface area contributed by atoms with Crippen LogP contribution in [0.25, 0.3) is 5.76 Å². The molecule has 8 nitrogen and oxygen atoms in total. The van der Waals surface area contributed by atoms with Crippen LogP contribution in [0.3, 0.4) is 0 Å². The van der Waals surface area contributed by atoms with Crippen LogP contribution in [0.1, 0.15) is 45.6 Å². The van der Waals surface area contributed by atoms with Crippen molar-refractivity contribution in [3.05, 3.63) is 100 Å². The van der Waals surface area contributed by atoms with E-state index in [2.05, 4.69) is 0 Å². The van der Waals surface area contributed by atoms with Gasteiger partial charge < -0.3 is 24.6 Å². The Morgan fingerprint density at radius 3 is 2.49 bits per heavy atom. The number of carbonyl (C=O) groups is 3. The molecule has 2 N–H and O–H groups in total. The van der Waals surface area contributed by atoms with E-state index in [1.807, 2.05) is 6.92 Å². The van der Waals surface area contributed by atoms with Crippen molar-refractivity contribution >= 4 is 23.4 Å². The first-order chi connectivity index (χ1) is 17.8. The Morgan fingerprint density at radius 2 is 1.78 bits per heavy atom. The minimum Gasteiger partial charge on any atom is -0.508 e. The third kappa shape index (κ3) is 4.42. The summed E-state index contributed by atoms with van der Waals surface area (Å²) in [7, 11) is 1.29. The van der Waals surface area contributed by atoms with E-state index < -0.39 is 23.7 Å². The summed E-state index contributed by atoms with van der Waals surface area (Å²) in [4.78, 5) is 39.7. The Kier molecular flexibility index (Phi) is 6.17. The quantitative estimate of drug-likeness (QED) is 0.235. The lowest BCUT2D eigenvalue weighted by Crippen LogP contribution is -2.29. The normalized spacial score (nSPS) is 20.0. The fraction of sp³-hybridized carbons (Fsp3) is 0.207. The summed E-state index contributed by atoms with van der Waals surface area (Å²) in [5.74, 6) is -1.68. The van der Waals surface area contributed by atoms with Gasteiger partial charge in [0.05, 0.1) is 24.3 Å². The van der Waals surface area contributed by atoms with Crippen molar-refractivity contribution in [2.45, 2.75) is 32.0 Å². The van der Waals surface area contributed by atoms with Crippen LogP contribution >= 0.6 is 0 Å². The number of aliphatic hydroxyl groups is 1. The first-order valence-electron chi connectivity index (χ1n) is 11.8. The molecule has 8 heteroatoms. The number of aliphatic hydroxyl groups excluding tert-OH is 1. The average molecular weight is 500 g/mol. The third-order valence-corrected chi connectivity index (χ3v) is 6.62. The highest BCUT2D eigenvalue weighted by Gasteiger charge is 2.46. The van der Waals surface area contributed by atoms with Crippen LogP contribution in [0.5, 0.6) is 11.5 Å². The largest absolute Gasteiger partial charge is 0.508 e. The molecule has 0 aliphatic carbocycles. The Balaban J connectivity index is 1.58.